The number of nitrogens with zero attached hydrogens (tertiary/aromatic N) is 3. The first kappa shape index (κ1) is 15.5. The molecule has 5 heteroatoms. The van der Waals surface area contributed by atoms with Crippen LogP contribution < -0.4 is 0 Å². The van der Waals surface area contributed by atoms with E-state index in [9.17, 15) is 9.90 Å². The fraction of sp³-hybridized carbons (Fsp3) is 0.765. The highest BCUT2D eigenvalue weighted by atomic mass is 16.3. The molecule has 1 unspecified atom stereocenters. The molecule has 2 aliphatic rings. The van der Waals surface area contributed by atoms with Gasteiger partial charge < -0.3 is 14.6 Å². The summed E-state index contributed by atoms with van der Waals surface area (Å²) < 4.78 is 1.99. The number of carbonyl (C=O) groups excluding carboxylic acids is 1. The van der Waals surface area contributed by atoms with Crippen LogP contribution in [0.2, 0.25) is 0 Å². The summed E-state index contributed by atoms with van der Waals surface area (Å²) in [4.78, 5) is 19.1. The zero-order valence-electron chi connectivity index (χ0n) is 13.9. The van der Waals surface area contributed by atoms with E-state index >= 15 is 0 Å². The minimum Gasteiger partial charge on any atom is -0.389 e. The van der Waals surface area contributed by atoms with Gasteiger partial charge in [-0.05, 0) is 12.8 Å². The lowest BCUT2D eigenvalue weighted by Gasteiger charge is -2.54. The molecule has 1 aromatic heterocycles. The summed E-state index contributed by atoms with van der Waals surface area (Å²) in [6.07, 6.45) is 8.68. The van der Waals surface area contributed by atoms with Crippen molar-refractivity contribution in [1.29, 1.82) is 0 Å². The van der Waals surface area contributed by atoms with Crippen LogP contribution in [-0.2, 0) is 11.8 Å². The van der Waals surface area contributed by atoms with Crippen LogP contribution in [0.15, 0.2) is 12.4 Å². The van der Waals surface area contributed by atoms with E-state index in [0.29, 0.717) is 0 Å². The van der Waals surface area contributed by atoms with E-state index in [2.05, 4.69) is 18.8 Å². The first-order valence-electron chi connectivity index (χ1n) is 8.32. The fourth-order valence-corrected chi connectivity index (χ4v) is 4.06. The molecule has 1 amide bonds. The molecular weight excluding hydrogens is 278 g/mol. The van der Waals surface area contributed by atoms with E-state index in [0.717, 1.165) is 38.1 Å². The second-order valence-corrected chi connectivity index (χ2v) is 7.77. The molecule has 122 valence electrons. The summed E-state index contributed by atoms with van der Waals surface area (Å²) in [7, 11) is 1.97. The molecule has 22 heavy (non-hydrogen) atoms. The molecule has 1 aromatic rings. The molecule has 0 spiro atoms. The molecule has 2 heterocycles. The largest absolute Gasteiger partial charge is 0.389 e. The Morgan fingerprint density at radius 1 is 1.36 bits per heavy atom. The second kappa shape index (κ2) is 5.37. The normalized spacial score (nSPS) is 26.5. The maximum absolute atomic E-state index is 12.7. The third kappa shape index (κ3) is 2.67. The van der Waals surface area contributed by atoms with Gasteiger partial charge in [0.1, 0.15) is 5.82 Å². The van der Waals surface area contributed by atoms with Gasteiger partial charge in [-0.2, -0.15) is 0 Å². The number of likely N-dealkylation sites (tertiary alicyclic amines) is 1. The third-order valence-corrected chi connectivity index (χ3v) is 5.32. The molecule has 2 fully saturated rings. The lowest BCUT2D eigenvalue weighted by atomic mass is 9.73. The summed E-state index contributed by atoms with van der Waals surface area (Å²) in [5.41, 5.74) is -0.759. The van der Waals surface area contributed by atoms with Gasteiger partial charge in [0.2, 0.25) is 5.91 Å². The molecule has 1 saturated carbocycles. The molecule has 1 aliphatic heterocycles. The molecule has 0 aromatic carbocycles. The second-order valence-electron chi connectivity index (χ2n) is 7.77. The summed E-state index contributed by atoms with van der Waals surface area (Å²) in [6.45, 7) is 5.08. The lowest BCUT2D eigenvalue weighted by Crippen LogP contribution is -2.59. The molecular formula is C17H27N3O2. The number of carbonyl (C=O) groups is 1. The van der Waals surface area contributed by atoms with Gasteiger partial charge in [-0.15, -0.1) is 0 Å². The Morgan fingerprint density at radius 2 is 2.05 bits per heavy atom. The van der Waals surface area contributed by atoms with Crippen LogP contribution in [0.5, 0.6) is 0 Å². The van der Waals surface area contributed by atoms with Gasteiger partial charge >= 0.3 is 0 Å². The minimum absolute atomic E-state index is 0.00666. The predicted octanol–water partition coefficient (Wildman–Crippen LogP) is 2.41. The lowest BCUT2D eigenvalue weighted by molar-refractivity contribution is -0.159. The Balaban J connectivity index is 1.74. The van der Waals surface area contributed by atoms with Gasteiger partial charge in [0.15, 0.2) is 0 Å². The summed E-state index contributed by atoms with van der Waals surface area (Å²) >= 11 is 0. The summed E-state index contributed by atoms with van der Waals surface area (Å²) in [5, 5.41) is 10.6. The van der Waals surface area contributed by atoms with Gasteiger partial charge in [-0.1, -0.05) is 33.1 Å². The van der Waals surface area contributed by atoms with Gasteiger partial charge in [0, 0.05) is 31.4 Å². The van der Waals surface area contributed by atoms with Gasteiger partial charge in [-0.3, -0.25) is 4.79 Å². The van der Waals surface area contributed by atoms with Crippen LogP contribution >= 0.6 is 0 Å². The van der Waals surface area contributed by atoms with Crippen LogP contribution in [0.3, 0.4) is 0 Å². The van der Waals surface area contributed by atoms with Crippen molar-refractivity contribution in [3.8, 4) is 0 Å². The standard InChI is InChI=1S/C17H27N3O2/c1-16(2)12-20(14(16)15-18-9-10-19(15)3)13(21)11-17(22)7-5-4-6-8-17/h9-10,14,22H,4-8,11-12H2,1-3H3. The maximum atomic E-state index is 12.7. The zero-order valence-corrected chi connectivity index (χ0v) is 13.9. The van der Waals surface area contributed by atoms with Crippen LogP contribution in [-0.4, -0.2) is 37.6 Å². The monoisotopic (exact) mass is 305 g/mol. The number of imidazole rings is 1. The van der Waals surface area contributed by atoms with Crippen molar-refractivity contribution in [2.24, 2.45) is 12.5 Å². The highest BCUT2D eigenvalue weighted by molar-refractivity contribution is 5.79. The van der Waals surface area contributed by atoms with Crippen molar-refractivity contribution in [3.05, 3.63) is 18.2 Å². The van der Waals surface area contributed by atoms with Crippen LogP contribution in [0, 0.1) is 5.41 Å². The van der Waals surface area contributed by atoms with E-state index in [1.54, 1.807) is 6.20 Å². The van der Waals surface area contributed by atoms with E-state index in [-0.39, 0.29) is 23.8 Å². The molecule has 1 aliphatic carbocycles. The Morgan fingerprint density at radius 3 is 2.59 bits per heavy atom. The van der Waals surface area contributed by atoms with Crippen molar-refractivity contribution in [1.82, 2.24) is 14.5 Å². The number of hydrogen-bond donors (Lipinski definition) is 1. The predicted molar refractivity (Wildman–Crippen MR) is 84.1 cm³/mol. The first-order chi connectivity index (χ1) is 10.3. The maximum Gasteiger partial charge on any atom is 0.226 e. The quantitative estimate of drug-likeness (QED) is 0.933. The Kier molecular flexibility index (Phi) is 3.79. The Bertz CT molecular complexity index is 558. The van der Waals surface area contributed by atoms with Crippen LogP contribution in [0.25, 0.3) is 0 Å². The van der Waals surface area contributed by atoms with E-state index < -0.39 is 5.60 Å². The molecule has 1 N–H and O–H groups in total. The first-order valence-corrected chi connectivity index (χ1v) is 8.32. The zero-order chi connectivity index (χ0) is 16.0. The fourth-order valence-electron chi connectivity index (χ4n) is 4.06. The van der Waals surface area contributed by atoms with Crippen LogP contribution in [0.4, 0.5) is 0 Å². The van der Waals surface area contributed by atoms with Gasteiger partial charge in [0.05, 0.1) is 18.1 Å². The molecule has 3 rings (SSSR count). The van der Waals surface area contributed by atoms with Gasteiger partial charge in [-0.25, -0.2) is 4.98 Å². The highest BCUT2D eigenvalue weighted by Crippen LogP contribution is 2.48. The Labute approximate surface area is 132 Å². The number of hydrogen-bond acceptors (Lipinski definition) is 3. The number of rotatable bonds is 3. The Hall–Kier alpha value is -1.36. The SMILES string of the molecule is Cn1ccnc1C1N(C(=O)CC2(O)CCCCC2)CC1(C)C. The average molecular weight is 305 g/mol. The van der Waals surface area contributed by atoms with E-state index in [1.165, 1.54) is 6.42 Å². The number of amides is 1. The number of aromatic nitrogens is 2. The number of aliphatic hydroxyl groups is 1. The summed E-state index contributed by atoms with van der Waals surface area (Å²) in [5.74, 6) is 0.997. The molecule has 0 bridgehead atoms. The van der Waals surface area contributed by atoms with Crippen molar-refractivity contribution >= 4 is 5.91 Å². The smallest absolute Gasteiger partial charge is 0.226 e. The third-order valence-electron chi connectivity index (χ3n) is 5.32. The number of aryl methyl sites for hydroxylation is 1. The minimum atomic E-state index is -0.790. The van der Waals surface area contributed by atoms with E-state index in [1.807, 2.05) is 22.7 Å². The summed E-state index contributed by atoms with van der Waals surface area (Å²) in [6, 6.07) is 0.00666. The van der Waals surface area contributed by atoms with Crippen LogP contribution in [0.1, 0.15) is 64.2 Å². The molecule has 1 atom stereocenters. The van der Waals surface area contributed by atoms with Gasteiger partial charge in [0.25, 0.3) is 0 Å². The van der Waals surface area contributed by atoms with Crippen molar-refractivity contribution in [2.45, 2.75) is 64.0 Å². The van der Waals surface area contributed by atoms with E-state index in [4.69, 9.17) is 0 Å². The van der Waals surface area contributed by atoms with Crippen molar-refractivity contribution < 1.29 is 9.90 Å². The average Bonchev–Trinajstić information content (AvgIpc) is 2.82. The van der Waals surface area contributed by atoms with Crippen molar-refractivity contribution in [2.75, 3.05) is 6.54 Å². The molecule has 1 saturated heterocycles. The topological polar surface area (TPSA) is 58.4 Å². The molecule has 5 nitrogen and oxygen atoms in total. The molecule has 0 radical (unpaired) electrons. The highest BCUT2D eigenvalue weighted by Gasteiger charge is 2.51. The van der Waals surface area contributed by atoms with Crippen molar-refractivity contribution in [3.63, 3.8) is 0 Å².